The summed E-state index contributed by atoms with van der Waals surface area (Å²) in [6, 6.07) is 0.167. The van der Waals surface area contributed by atoms with E-state index in [1.165, 1.54) is 0 Å². The molecule has 1 unspecified atom stereocenters. The minimum absolute atomic E-state index is 0.167. The van der Waals surface area contributed by atoms with E-state index in [1.807, 2.05) is 13.1 Å². The van der Waals surface area contributed by atoms with Crippen LogP contribution in [0.2, 0.25) is 5.15 Å². The summed E-state index contributed by atoms with van der Waals surface area (Å²) in [5.74, 6) is 0.409. The molecule has 2 N–H and O–H groups in total. The molecule has 0 aliphatic carbocycles. The molecule has 0 bridgehead atoms. The molecule has 0 spiro atoms. The van der Waals surface area contributed by atoms with E-state index in [0.29, 0.717) is 17.6 Å². The number of rotatable bonds is 3. The molecule has 1 rings (SSSR count). The first-order valence-electron chi connectivity index (χ1n) is 4.50. The van der Waals surface area contributed by atoms with Crippen LogP contribution in [0.15, 0.2) is 6.20 Å². The zero-order valence-corrected chi connectivity index (χ0v) is 9.04. The Morgan fingerprint density at radius 1 is 1.54 bits per heavy atom. The fourth-order valence-corrected chi connectivity index (χ4v) is 1.63. The predicted octanol–water partition coefficient (Wildman–Crippen LogP) is 2.18. The predicted molar refractivity (Wildman–Crippen MR) is 55.1 cm³/mol. The number of nitrogens with two attached hydrogens (primary N) is 1. The van der Waals surface area contributed by atoms with Crippen molar-refractivity contribution in [1.82, 2.24) is 9.78 Å². The zero-order valence-electron chi connectivity index (χ0n) is 8.29. The molecule has 74 valence electrons. The number of hydrogen-bond acceptors (Lipinski definition) is 2. The monoisotopic (exact) mass is 201 g/mol. The first kappa shape index (κ1) is 10.5. The third-order valence-electron chi connectivity index (χ3n) is 2.14. The molecule has 0 aliphatic rings. The van der Waals surface area contributed by atoms with Gasteiger partial charge in [-0.2, -0.15) is 5.10 Å². The number of aromatic nitrogens is 2. The normalized spacial score (nSPS) is 13.7. The average molecular weight is 202 g/mol. The van der Waals surface area contributed by atoms with E-state index in [0.717, 1.165) is 5.56 Å². The SMILES string of the molecule is CC(C)c1cnn(C(C)CN)c1Cl. The van der Waals surface area contributed by atoms with Gasteiger partial charge < -0.3 is 5.73 Å². The van der Waals surface area contributed by atoms with Gasteiger partial charge in [0.15, 0.2) is 0 Å². The fourth-order valence-electron chi connectivity index (χ4n) is 1.16. The van der Waals surface area contributed by atoms with Crippen LogP contribution in [0.1, 0.15) is 38.3 Å². The van der Waals surface area contributed by atoms with Crippen molar-refractivity contribution in [3.05, 3.63) is 16.9 Å². The van der Waals surface area contributed by atoms with Crippen LogP contribution in [0.5, 0.6) is 0 Å². The van der Waals surface area contributed by atoms with Crippen LogP contribution >= 0.6 is 11.6 Å². The smallest absolute Gasteiger partial charge is 0.130 e. The zero-order chi connectivity index (χ0) is 10.0. The van der Waals surface area contributed by atoms with Crippen molar-refractivity contribution in [2.24, 2.45) is 5.73 Å². The molecule has 13 heavy (non-hydrogen) atoms. The molecule has 3 nitrogen and oxygen atoms in total. The average Bonchev–Trinajstić information content (AvgIpc) is 2.46. The molecule has 0 radical (unpaired) electrons. The van der Waals surface area contributed by atoms with E-state index < -0.39 is 0 Å². The van der Waals surface area contributed by atoms with Crippen molar-refractivity contribution in [3.8, 4) is 0 Å². The number of halogens is 1. The molecule has 0 aromatic carbocycles. The van der Waals surface area contributed by atoms with Crippen molar-refractivity contribution in [2.75, 3.05) is 6.54 Å². The van der Waals surface area contributed by atoms with Gasteiger partial charge in [-0.15, -0.1) is 0 Å². The minimum Gasteiger partial charge on any atom is -0.328 e. The third kappa shape index (κ3) is 2.03. The Morgan fingerprint density at radius 2 is 2.15 bits per heavy atom. The third-order valence-corrected chi connectivity index (χ3v) is 2.53. The number of hydrogen-bond donors (Lipinski definition) is 1. The topological polar surface area (TPSA) is 43.8 Å². The Hall–Kier alpha value is -0.540. The molecule has 4 heteroatoms. The van der Waals surface area contributed by atoms with Crippen LogP contribution in [0.25, 0.3) is 0 Å². The molecule has 1 heterocycles. The Bertz CT molecular complexity index is 280. The van der Waals surface area contributed by atoms with Crippen LogP contribution in [-0.4, -0.2) is 16.3 Å². The Morgan fingerprint density at radius 3 is 2.54 bits per heavy atom. The standard InChI is InChI=1S/C9H16ClN3/c1-6(2)8-5-12-13(9(8)10)7(3)4-11/h5-7H,4,11H2,1-3H3. The molecule has 0 saturated heterocycles. The summed E-state index contributed by atoms with van der Waals surface area (Å²) in [6.45, 7) is 6.75. The lowest BCUT2D eigenvalue weighted by Crippen LogP contribution is -2.17. The lowest BCUT2D eigenvalue weighted by atomic mass is 10.1. The highest BCUT2D eigenvalue weighted by Gasteiger charge is 2.14. The van der Waals surface area contributed by atoms with E-state index in [4.69, 9.17) is 17.3 Å². The van der Waals surface area contributed by atoms with Crippen molar-refractivity contribution in [3.63, 3.8) is 0 Å². The summed E-state index contributed by atoms with van der Waals surface area (Å²) in [5.41, 5.74) is 6.62. The summed E-state index contributed by atoms with van der Waals surface area (Å²) in [4.78, 5) is 0. The van der Waals surface area contributed by atoms with Crippen LogP contribution in [0.3, 0.4) is 0 Å². The second kappa shape index (κ2) is 4.11. The minimum atomic E-state index is 0.167. The van der Waals surface area contributed by atoms with Gasteiger partial charge in [-0.25, -0.2) is 4.68 Å². The van der Waals surface area contributed by atoms with E-state index in [1.54, 1.807) is 4.68 Å². The molecule has 0 aliphatic heterocycles. The fraction of sp³-hybridized carbons (Fsp3) is 0.667. The summed E-state index contributed by atoms with van der Waals surface area (Å²) < 4.78 is 1.77. The Kier molecular flexibility index (Phi) is 3.33. The lowest BCUT2D eigenvalue weighted by Gasteiger charge is -2.11. The number of nitrogens with zero attached hydrogens (tertiary/aromatic N) is 2. The van der Waals surface area contributed by atoms with Gasteiger partial charge in [0.2, 0.25) is 0 Å². The Balaban J connectivity index is 2.99. The summed E-state index contributed by atoms with van der Waals surface area (Å²) >= 11 is 6.14. The summed E-state index contributed by atoms with van der Waals surface area (Å²) in [5, 5.41) is 4.93. The van der Waals surface area contributed by atoms with Crippen molar-refractivity contribution in [1.29, 1.82) is 0 Å². The highest BCUT2D eigenvalue weighted by atomic mass is 35.5. The maximum atomic E-state index is 6.14. The quantitative estimate of drug-likeness (QED) is 0.815. The largest absolute Gasteiger partial charge is 0.328 e. The van der Waals surface area contributed by atoms with Crippen LogP contribution in [0.4, 0.5) is 0 Å². The van der Waals surface area contributed by atoms with Gasteiger partial charge in [-0.1, -0.05) is 25.4 Å². The Labute approximate surface area is 83.9 Å². The van der Waals surface area contributed by atoms with Gasteiger partial charge in [0.1, 0.15) is 5.15 Å². The van der Waals surface area contributed by atoms with Gasteiger partial charge >= 0.3 is 0 Å². The first-order chi connectivity index (χ1) is 6.07. The molecule has 1 aromatic rings. The highest BCUT2D eigenvalue weighted by Crippen LogP contribution is 2.25. The second-order valence-corrected chi connectivity index (χ2v) is 3.93. The molecule has 1 atom stereocenters. The maximum absolute atomic E-state index is 6.14. The highest BCUT2D eigenvalue weighted by molar-refractivity contribution is 6.30. The van der Waals surface area contributed by atoms with Crippen LogP contribution in [-0.2, 0) is 0 Å². The van der Waals surface area contributed by atoms with Gasteiger partial charge in [-0.3, -0.25) is 0 Å². The van der Waals surface area contributed by atoms with E-state index in [9.17, 15) is 0 Å². The van der Waals surface area contributed by atoms with Gasteiger partial charge in [0.05, 0.1) is 12.2 Å². The lowest BCUT2D eigenvalue weighted by molar-refractivity contribution is 0.501. The van der Waals surface area contributed by atoms with E-state index in [2.05, 4.69) is 18.9 Å². The molecular weight excluding hydrogens is 186 g/mol. The van der Waals surface area contributed by atoms with Crippen LogP contribution < -0.4 is 5.73 Å². The first-order valence-corrected chi connectivity index (χ1v) is 4.88. The van der Waals surface area contributed by atoms with Gasteiger partial charge in [-0.05, 0) is 12.8 Å². The molecule has 0 amide bonds. The molecule has 0 saturated carbocycles. The van der Waals surface area contributed by atoms with Crippen molar-refractivity contribution < 1.29 is 0 Å². The van der Waals surface area contributed by atoms with Crippen LogP contribution in [0, 0.1) is 0 Å². The van der Waals surface area contributed by atoms with E-state index in [-0.39, 0.29) is 6.04 Å². The van der Waals surface area contributed by atoms with Gasteiger partial charge in [0, 0.05) is 12.1 Å². The van der Waals surface area contributed by atoms with E-state index >= 15 is 0 Å². The maximum Gasteiger partial charge on any atom is 0.130 e. The van der Waals surface area contributed by atoms with Gasteiger partial charge in [0.25, 0.3) is 0 Å². The summed E-state index contributed by atoms with van der Waals surface area (Å²) in [6.07, 6.45) is 1.82. The van der Waals surface area contributed by atoms with Crippen molar-refractivity contribution in [2.45, 2.75) is 32.7 Å². The van der Waals surface area contributed by atoms with Crippen molar-refractivity contribution >= 4 is 11.6 Å². The molecule has 1 aromatic heterocycles. The molecular formula is C9H16ClN3. The summed E-state index contributed by atoms with van der Waals surface area (Å²) in [7, 11) is 0. The second-order valence-electron chi connectivity index (χ2n) is 3.57. The molecule has 0 fully saturated rings.